The summed E-state index contributed by atoms with van der Waals surface area (Å²) in [6, 6.07) is 14.5. The third-order valence-electron chi connectivity index (χ3n) is 3.75. The molecule has 2 aromatic heterocycles. The first-order valence-electron chi connectivity index (χ1n) is 7.38. The van der Waals surface area contributed by atoms with Gasteiger partial charge in [-0.15, -0.1) is 0 Å². The van der Waals surface area contributed by atoms with Crippen LogP contribution in [0.25, 0.3) is 11.0 Å². The molecule has 1 N–H and O–H groups in total. The predicted molar refractivity (Wildman–Crippen MR) is 84.9 cm³/mol. The molecule has 4 nitrogen and oxygen atoms in total. The van der Waals surface area contributed by atoms with Gasteiger partial charge < -0.3 is 9.88 Å². The maximum absolute atomic E-state index is 4.73. The minimum Gasteiger partial charge on any atom is -0.327 e. The molecule has 0 saturated carbocycles. The first kappa shape index (κ1) is 13.8. The second kappa shape index (κ2) is 6.06. The average molecular weight is 280 g/mol. The normalized spacial score (nSPS) is 12.7. The lowest BCUT2D eigenvalue weighted by molar-refractivity contribution is 0.533. The van der Waals surface area contributed by atoms with E-state index in [2.05, 4.69) is 46.9 Å². The van der Waals surface area contributed by atoms with E-state index in [1.165, 1.54) is 5.52 Å². The predicted octanol–water partition coefficient (Wildman–Crippen LogP) is 3.30. The Kier molecular flexibility index (Phi) is 3.97. The fourth-order valence-electron chi connectivity index (χ4n) is 2.59. The van der Waals surface area contributed by atoms with Crippen molar-refractivity contribution < 1.29 is 0 Å². The zero-order chi connectivity index (χ0) is 14.7. The molecule has 1 atom stereocenters. The number of aromatic nitrogens is 3. The molecule has 1 unspecified atom stereocenters. The van der Waals surface area contributed by atoms with Gasteiger partial charge in [0.05, 0.1) is 23.3 Å². The quantitative estimate of drug-likeness (QED) is 0.779. The van der Waals surface area contributed by atoms with E-state index in [0.717, 1.165) is 30.1 Å². The van der Waals surface area contributed by atoms with E-state index in [-0.39, 0.29) is 6.04 Å². The summed E-state index contributed by atoms with van der Waals surface area (Å²) in [5.41, 5.74) is 3.31. The van der Waals surface area contributed by atoms with Crippen molar-refractivity contribution in [3.05, 3.63) is 60.2 Å². The van der Waals surface area contributed by atoms with E-state index in [0.29, 0.717) is 0 Å². The van der Waals surface area contributed by atoms with Gasteiger partial charge >= 0.3 is 0 Å². The van der Waals surface area contributed by atoms with Gasteiger partial charge in [-0.3, -0.25) is 4.98 Å². The monoisotopic (exact) mass is 280 g/mol. The molecule has 0 radical (unpaired) electrons. The van der Waals surface area contributed by atoms with Crippen LogP contribution in [0.2, 0.25) is 0 Å². The molecule has 3 aromatic rings. The number of nitrogens with one attached hydrogen (secondary N) is 1. The standard InChI is InChI=1S/C17H20N4/c1-3-21-16-10-5-4-9-15(16)20-17(21)12-19-13(2)14-8-6-7-11-18-14/h4-11,13,19H,3,12H2,1-2H3. The molecule has 4 heteroatoms. The van der Waals surface area contributed by atoms with Gasteiger partial charge in [-0.2, -0.15) is 0 Å². The third-order valence-corrected chi connectivity index (χ3v) is 3.75. The van der Waals surface area contributed by atoms with E-state index < -0.39 is 0 Å². The third kappa shape index (κ3) is 2.81. The van der Waals surface area contributed by atoms with Crippen molar-refractivity contribution in [1.29, 1.82) is 0 Å². The van der Waals surface area contributed by atoms with Gasteiger partial charge in [-0.25, -0.2) is 4.98 Å². The minimum absolute atomic E-state index is 0.205. The fraction of sp³-hybridized carbons (Fsp3) is 0.294. The smallest absolute Gasteiger partial charge is 0.123 e. The molecule has 0 aliphatic heterocycles. The zero-order valence-electron chi connectivity index (χ0n) is 12.5. The Balaban J connectivity index is 1.79. The number of fused-ring (bicyclic) bond motifs is 1. The van der Waals surface area contributed by atoms with Crippen LogP contribution in [-0.4, -0.2) is 14.5 Å². The summed E-state index contributed by atoms with van der Waals surface area (Å²) in [5, 5.41) is 3.51. The largest absolute Gasteiger partial charge is 0.327 e. The van der Waals surface area contributed by atoms with Gasteiger partial charge in [0.15, 0.2) is 0 Å². The number of hydrogen-bond acceptors (Lipinski definition) is 3. The minimum atomic E-state index is 0.205. The fourth-order valence-corrected chi connectivity index (χ4v) is 2.59. The van der Waals surface area contributed by atoms with E-state index in [4.69, 9.17) is 4.98 Å². The highest BCUT2D eigenvalue weighted by Crippen LogP contribution is 2.17. The molecule has 108 valence electrons. The van der Waals surface area contributed by atoms with Gasteiger partial charge in [0.1, 0.15) is 5.82 Å². The van der Waals surface area contributed by atoms with Crippen LogP contribution in [-0.2, 0) is 13.1 Å². The van der Waals surface area contributed by atoms with Crippen molar-refractivity contribution in [3.8, 4) is 0 Å². The summed E-state index contributed by atoms with van der Waals surface area (Å²) in [5.74, 6) is 1.07. The van der Waals surface area contributed by atoms with E-state index in [1.54, 1.807) is 0 Å². The van der Waals surface area contributed by atoms with Crippen molar-refractivity contribution in [1.82, 2.24) is 19.9 Å². The van der Waals surface area contributed by atoms with Crippen LogP contribution in [0.3, 0.4) is 0 Å². The molecule has 0 saturated heterocycles. The SMILES string of the molecule is CCn1c(CNC(C)c2ccccn2)nc2ccccc21. The zero-order valence-corrected chi connectivity index (χ0v) is 12.5. The molecule has 0 spiro atoms. The second-order valence-corrected chi connectivity index (χ2v) is 5.12. The van der Waals surface area contributed by atoms with Crippen molar-refractivity contribution >= 4 is 11.0 Å². The van der Waals surface area contributed by atoms with Gasteiger partial charge in [0, 0.05) is 18.8 Å². The van der Waals surface area contributed by atoms with Crippen LogP contribution in [0.4, 0.5) is 0 Å². The van der Waals surface area contributed by atoms with Crippen molar-refractivity contribution in [2.45, 2.75) is 33.0 Å². The summed E-state index contributed by atoms with van der Waals surface area (Å²) >= 11 is 0. The summed E-state index contributed by atoms with van der Waals surface area (Å²) < 4.78 is 2.26. The lowest BCUT2D eigenvalue weighted by Gasteiger charge is -2.13. The van der Waals surface area contributed by atoms with E-state index in [1.807, 2.05) is 30.5 Å². The molecule has 3 rings (SSSR count). The van der Waals surface area contributed by atoms with Crippen LogP contribution in [0.1, 0.15) is 31.4 Å². The number of hydrogen-bond donors (Lipinski definition) is 1. The van der Waals surface area contributed by atoms with Gasteiger partial charge in [0.2, 0.25) is 0 Å². The maximum atomic E-state index is 4.73. The lowest BCUT2D eigenvalue weighted by Crippen LogP contribution is -2.21. The number of benzene rings is 1. The molecule has 21 heavy (non-hydrogen) atoms. The molecule has 0 aliphatic carbocycles. The molecule has 1 aromatic carbocycles. The van der Waals surface area contributed by atoms with Gasteiger partial charge in [-0.05, 0) is 38.1 Å². The van der Waals surface area contributed by atoms with Crippen LogP contribution in [0, 0.1) is 0 Å². The van der Waals surface area contributed by atoms with E-state index >= 15 is 0 Å². The van der Waals surface area contributed by atoms with Gasteiger partial charge in [-0.1, -0.05) is 18.2 Å². The van der Waals surface area contributed by atoms with Crippen LogP contribution >= 0.6 is 0 Å². The Hall–Kier alpha value is -2.20. The first-order valence-corrected chi connectivity index (χ1v) is 7.38. The molecule has 0 amide bonds. The number of para-hydroxylation sites is 2. The second-order valence-electron chi connectivity index (χ2n) is 5.12. The average Bonchev–Trinajstić information content (AvgIpc) is 2.91. The number of imidazole rings is 1. The Morgan fingerprint density at radius 2 is 1.95 bits per heavy atom. The maximum Gasteiger partial charge on any atom is 0.123 e. The van der Waals surface area contributed by atoms with Crippen molar-refractivity contribution in [3.63, 3.8) is 0 Å². The molecule has 2 heterocycles. The number of rotatable bonds is 5. The highest BCUT2D eigenvalue weighted by atomic mass is 15.1. The molecule has 0 bridgehead atoms. The summed E-state index contributed by atoms with van der Waals surface area (Å²) in [4.78, 5) is 9.12. The Bertz CT molecular complexity index is 718. The highest BCUT2D eigenvalue weighted by Gasteiger charge is 2.11. The van der Waals surface area contributed by atoms with Crippen LogP contribution in [0.15, 0.2) is 48.7 Å². The van der Waals surface area contributed by atoms with Crippen LogP contribution in [0.5, 0.6) is 0 Å². The molecule has 0 aliphatic rings. The highest BCUT2D eigenvalue weighted by molar-refractivity contribution is 5.75. The van der Waals surface area contributed by atoms with Gasteiger partial charge in [0.25, 0.3) is 0 Å². The summed E-state index contributed by atoms with van der Waals surface area (Å²) in [6.07, 6.45) is 1.83. The molecule has 0 fully saturated rings. The first-order chi connectivity index (χ1) is 10.3. The summed E-state index contributed by atoms with van der Waals surface area (Å²) in [6.45, 7) is 5.94. The van der Waals surface area contributed by atoms with Crippen LogP contribution < -0.4 is 5.32 Å². The Morgan fingerprint density at radius 1 is 1.14 bits per heavy atom. The Labute approximate surface area is 124 Å². The Morgan fingerprint density at radius 3 is 2.71 bits per heavy atom. The van der Waals surface area contributed by atoms with Crippen molar-refractivity contribution in [2.24, 2.45) is 0 Å². The van der Waals surface area contributed by atoms with Crippen molar-refractivity contribution in [2.75, 3.05) is 0 Å². The summed E-state index contributed by atoms with van der Waals surface area (Å²) in [7, 11) is 0. The topological polar surface area (TPSA) is 42.7 Å². The molecular weight excluding hydrogens is 260 g/mol. The van der Waals surface area contributed by atoms with E-state index in [9.17, 15) is 0 Å². The number of pyridine rings is 1. The number of nitrogens with zero attached hydrogens (tertiary/aromatic N) is 3. The molecular formula is C17H20N4. The lowest BCUT2D eigenvalue weighted by atomic mass is 10.2. The number of aryl methyl sites for hydroxylation is 1.